The van der Waals surface area contributed by atoms with Crippen LogP contribution in [0.5, 0.6) is 0 Å². The molecule has 6 nitrogen and oxygen atoms in total. The summed E-state index contributed by atoms with van der Waals surface area (Å²) >= 11 is 0. The molecule has 0 saturated carbocycles. The van der Waals surface area contributed by atoms with Gasteiger partial charge in [-0.15, -0.1) is 0 Å². The van der Waals surface area contributed by atoms with Crippen molar-refractivity contribution in [2.24, 2.45) is 0 Å². The normalized spacial score (nSPS) is 13.0. The number of hydrogen-bond acceptors (Lipinski definition) is 6. The third-order valence-corrected chi connectivity index (χ3v) is 9.74. The van der Waals surface area contributed by atoms with E-state index in [0.717, 1.165) is 109 Å². The second kappa shape index (κ2) is 48.7. The van der Waals surface area contributed by atoms with Gasteiger partial charge in [-0.1, -0.05) is 169 Å². The van der Waals surface area contributed by atoms with Crippen LogP contribution in [0.15, 0.2) is 109 Å². The molecule has 0 N–H and O–H groups in total. The highest BCUT2D eigenvalue weighted by atomic mass is 16.6. The second-order valence-corrected chi connectivity index (χ2v) is 15.6. The fourth-order valence-electron chi connectivity index (χ4n) is 6.12. The predicted molar refractivity (Wildman–Crippen MR) is 260 cm³/mol. The van der Waals surface area contributed by atoms with Crippen LogP contribution >= 0.6 is 0 Å². The standard InChI is InChI=1S/C55H88O6/c1-4-7-10-13-16-19-22-25-27-30-33-36-39-42-45-48-54(57)60-51-52(50-59-53(56)47-44-41-38-35-32-29-24-21-18-15-12-9-6-3)61-55(58)49-46-43-40-37-34-31-28-26-23-20-17-14-11-8-5-2/h7-8,10-11,16-17,19-21,24-28,33-34,36-37,52H,4-6,9,12-15,18,22-23,29-32,35,38-51H2,1-3H3/b10-7-,11-8-,19-16-,20-17-,24-21-,27-25-,28-26-,36-33-,37-34-/t52-/m1/s1. The Kier molecular flexibility index (Phi) is 45.6. The Bertz CT molecular complexity index is 1290. The molecule has 0 aliphatic rings. The third-order valence-electron chi connectivity index (χ3n) is 9.74. The number of ether oxygens (including phenoxy) is 3. The maximum absolute atomic E-state index is 12.8. The summed E-state index contributed by atoms with van der Waals surface area (Å²) < 4.78 is 16.7. The number of carbonyl (C=O) groups excluding carboxylic acids is 3. The Morgan fingerprint density at radius 2 is 0.639 bits per heavy atom. The second-order valence-electron chi connectivity index (χ2n) is 15.6. The van der Waals surface area contributed by atoms with Gasteiger partial charge in [-0.25, -0.2) is 0 Å². The van der Waals surface area contributed by atoms with Crippen molar-refractivity contribution in [3.05, 3.63) is 109 Å². The first-order chi connectivity index (χ1) is 30.0. The van der Waals surface area contributed by atoms with Gasteiger partial charge in [0, 0.05) is 19.3 Å². The summed E-state index contributed by atoms with van der Waals surface area (Å²) in [6.07, 6.45) is 65.0. The van der Waals surface area contributed by atoms with E-state index in [1.165, 1.54) is 38.5 Å². The van der Waals surface area contributed by atoms with Crippen molar-refractivity contribution in [1.82, 2.24) is 0 Å². The lowest BCUT2D eigenvalue weighted by Gasteiger charge is -2.18. The summed E-state index contributed by atoms with van der Waals surface area (Å²) in [4.78, 5) is 37.9. The summed E-state index contributed by atoms with van der Waals surface area (Å²) in [6, 6.07) is 0. The van der Waals surface area contributed by atoms with E-state index in [2.05, 4.69) is 130 Å². The Morgan fingerprint density at radius 3 is 1.05 bits per heavy atom. The lowest BCUT2D eigenvalue weighted by Crippen LogP contribution is -2.30. The van der Waals surface area contributed by atoms with Crippen molar-refractivity contribution >= 4 is 17.9 Å². The Labute approximate surface area is 374 Å². The quantitative estimate of drug-likeness (QED) is 0.0264. The van der Waals surface area contributed by atoms with Gasteiger partial charge in [0.1, 0.15) is 13.2 Å². The summed E-state index contributed by atoms with van der Waals surface area (Å²) in [6.45, 7) is 6.29. The molecule has 0 aromatic heterocycles. The minimum Gasteiger partial charge on any atom is -0.462 e. The fraction of sp³-hybridized carbons (Fsp3) is 0.618. The summed E-state index contributed by atoms with van der Waals surface area (Å²) in [5.41, 5.74) is 0. The van der Waals surface area contributed by atoms with E-state index in [4.69, 9.17) is 14.2 Å². The minimum atomic E-state index is -0.821. The molecule has 6 heteroatoms. The maximum Gasteiger partial charge on any atom is 0.306 e. The van der Waals surface area contributed by atoms with Crippen LogP contribution in [0.4, 0.5) is 0 Å². The molecule has 344 valence electrons. The Hall–Kier alpha value is -3.93. The van der Waals surface area contributed by atoms with Gasteiger partial charge in [0.15, 0.2) is 6.10 Å². The van der Waals surface area contributed by atoms with Gasteiger partial charge in [-0.2, -0.15) is 0 Å². The summed E-state index contributed by atoms with van der Waals surface area (Å²) in [5.74, 6) is -1.02. The van der Waals surface area contributed by atoms with Crippen molar-refractivity contribution in [2.75, 3.05) is 13.2 Å². The molecule has 0 aromatic rings. The highest BCUT2D eigenvalue weighted by Gasteiger charge is 2.19. The van der Waals surface area contributed by atoms with E-state index >= 15 is 0 Å². The van der Waals surface area contributed by atoms with E-state index in [9.17, 15) is 14.4 Å². The van der Waals surface area contributed by atoms with Crippen molar-refractivity contribution in [3.63, 3.8) is 0 Å². The van der Waals surface area contributed by atoms with E-state index in [1.54, 1.807) is 0 Å². The molecule has 0 aliphatic carbocycles. The predicted octanol–water partition coefficient (Wildman–Crippen LogP) is 16.0. The highest BCUT2D eigenvalue weighted by molar-refractivity contribution is 5.71. The molecule has 0 aliphatic heterocycles. The number of carbonyl (C=O) groups is 3. The van der Waals surface area contributed by atoms with Gasteiger partial charge >= 0.3 is 17.9 Å². The first kappa shape index (κ1) is 57.1. The molecule has 0 bridgehead atoms. The number of unbranched alkanes of at least 4 members (excludes halogenated alkanes) is 13. The minimum absolute atomic E-state index is 0.115. The van der Waals surface area contributed by atoms with Crippen molar-refractivity contribution in [2.45, 2.75) is 207 Å². The fourth-order valence-corrected chi connectivity index (χ4v) is 6.12. The van der Waals surface area contributed by atoms with Crippen LogP contribution in [0.1, 0.15) is 201 Å². The zero-order valence-corrected chi connectivity index (χ0v) is 39.1. The first-order valence-electron chi connectivity index (χ1n) is 24.4. The molecule has 0 radical (unpaired) electrons. The van der Waals surface area contributed by atoms with Crippen LogP contribution in [-0.2, 0) is 28.6 Å². The molecule has 61 heavy (non-hydrogen) atoms. The summed E-state index contributed by atoms with van der Waals surface area (Å²) in [5, 5.41) is 0. The average molecular weight is 845 g/mol. The van der Waals surface area contributed by atoms with Crippen LogP contribution in [0.3, 0.4) is 0 Å². The molecule has 0 spiro atoms. The van der Waals surface area contributed by atoms with E-state index in [0.29, 0.717) is 25.7 Å². The molecule has 0 amide bonds. The third kappa shape index (κ3) is 47.0. The van der Waals surface area contributed by atoms with Gasteiger partial charge < -0.3 is 14.2 Å². The van der Waals surface area contributed by atoms with Crippen molar-refractivity contribution in [3.8, 4) is 0 Å². The lowest BCUT2D eigenvalue weighted by molar-refractivity contribution is -0.167. The molecule has 0 rings (SSSR count). The zero-order valence-electron chi connectivity index (χ0n) is 39.1. The van der Waals surface area contributed by atoms with Crippen molar-refractivity contribution in [1.29, 1.82) is 0 Å². The summed E-state index contributed by atoms with van der Waals surface area (Å²) in [7, 11) is 0. The molecule has 1 atom stereocenters. The highest BCUT2D eigenvalue weighted by Crippen LogP contribution is 2.12. The number of hydrogen-bond donors (Lipinski definition) is 0. The largest absolute Gasteiger partial charge is 0.462 e. The average Bonchev–Trinajstić information content (AvgIpc) is 3.26. The number of esters is 3. The number of allylic oxidation sites excluding steroid dienone is 18. The van der Waals surface area contributed by atoms with Crippen LogP contribution in [-0.4, -0.2) is 37.2 Å². The van der Waals surface area contributed by atoms with E-state index in [-0.39, 0.29) is 37.5 Å². The molecule has 0 aromatic carbocycles. The molecule has 0 unspecified atom stereocenters. The molecule has 0 heterocycles. The smallest absolute Gasteiger partial charge is 0.306 e. The zero-order chi connectivity index (χ0) is 44.4. The van der Waals surface area contributed by atoms with E-state index < -0.39 is 6.10 Å². The van der Waals surface area contributed by atoms with Gasteiger partial charge in [-0.05, 0) is 122 Å². The molecular formula is C55H88O6. The number of rotatable bonds is 42. The monoisotopic (exact) mass is 845 g/mol. The van der Waals surface area contributed by atoms with Crippen LogP contribution in [0, 0.1) is 0 Å². The molecule has 0 saturated heterocycles. The van der Waals surface area contributed by atoms with E-state index in [1.807, 2.05) is 0 Å². The van der Waals surface area contributed by atoms with Gasteiger partial charge in [0.2, 0.25) is 0 Å². The van der Waals surface area contributed by atoms with Gasteiger partial charge in [0.25, 0.3) is 0 Å². The topological polar surface area (TPSA) is 78.9 Å². The van der Waals surface area contributed by atoms with Gasteiger partial charge in [-0.3, -0.25) is 14.4 Å². The molecular weight excluding hydrogens is 757 g/mol. The SMILES string of the molecule is CC/C=C\C/C=C\C/C=C\C/C=C\CCCCC(=O)OC[C@@H](COC(=O)CCCCCCC/C=C\CCCCCC)OC(=O)CCCC/C=C\C/C=C\C/C=C\C/C=C\CC. The van der Waals surface area contributed by atoms with Crippen molar-refractivity contribution < 1.29 is 28.6 Å². The maximum atomic E-state index is 12.8. The molecule has 0 fully saturated rings. The van der Waals surface area contributed by atoms with Crippen LogP contribution in [0.25, 0.3) is 0 Å². The van der Waals surface area contributed by atoms with Crippen LogP contribution < -0.4 is 0 Å². The Morgan fingerprint density at radius 1 is 0.344 bits per heavy atom. The first-order valence-corrected chi connectivity index (χ1v) is 24.4. The van der Waals surface area contributed by atoms with Crippen LogP contribution in [0.2, 0.25) is 0 Å². The van der Waals surface area contributed by atoms with Gasteiger partial charge in [0.05, 0.1) is 0 Å². The lowest BCUT2D eigenvalue weighted by atomic mass is 10.1. The Balaban J connectivity index is 4.56.